The fraction of sp³-hybridized carbons (Fsp3) is 0.235. The van der Waals surface area contributed by atoms with Gasteiger partial charge in [0.1, 0.15) is 0 Å². The molecule has 0 bridgehead atoms. The Balaban J connectivity index is 2.79. The maximum absolute atomic E-state index is 11.9. The molecule has 1 aromatic rings. The Morgan fingerprint density at radius 1 is 1.25 bits per heavy atom. The first kappa shape index (κ1) is 15.7. The predicted octanol–water partition coefficient (Wildman–Crippen LogP) is 2.04. The van der Waals surface area contributed by atoms with Crippen molar-refractivity contribution in [3.63, 3.8) is 0 Å². The van der Waals surface area contributed by atoms with Crippen LogP contribution in [-0.2, 0) is 4.79 Å². The molecule has 1 amide bonds. The van der Waals surface area contributed by atoms with Gasteiger partial charge in [0.25, 0.3) is 5.91 Å². The Kier molecular flexibility index (Phi) is 6.28. The molecule has 0 aliphatic rings. The Morgan fingerprint density at radius 2 is 1.85 bits per heavy atom. The second kappa shape index (κ2) is 7.98. The van der Waals surface area contributed by atoms with Crippen molar-refractivity contribution in [1.82, 2.24) is 5.32 Å². The minimum atomic E-state index is -0.772. The van der Waals surface area contributed by atoms with Crippen molar-refractivity contribution in [3.05, 3.63) is 61.2 Å². The zero-order chi connectivity index (χ0) is 14.8. The smallest absolute Gasteiger partial charge is 0.296 e. The highest BCUT2D eigenvalue weighted by Crippen LogP contribution is 2.16. The number of carbonyl (C=O) groups is 1. The lowest BCUT2D eigenvalue weighted by molar-refractivity contribution is -0.118. The minimum Gasteiger partial charge on any atom is -0.394 e. The van der Waals surface area contributed by atoms with Gasteiger partial charge in [-0.3, -0.25) is 4.79 Å². The molecule has 104 valence electrons. The second-order valence-electron chi connectivity index (χ2n) is 4.49. The molecule has 0 aliphatic carbocycles. The molecule has 20 heavy (non-hydrogen) atoms. The molecule has 1 aromatic carbocycles. The number of rotatable bonds is 6. The van der Waals surface area contributed by atoms with Gasteiger partial charge < -0.3 is 10.4 Å². The molecule has 0 saturated heterocycles. The summed E-state index contributed by atoms with van der Waals surface area (Å²) in [7, 11) is 0. The van der Waals surface area contributed by atoms with Gasteiger partial charge in [-0.2, -0.15) is 0 Å². The summed E-state index contributed by atoms with van der Waals surface area (Å²) in [6.07, 6.45) is 4.22. The lowest BCUT2D eigenvalue weighted by Gasteiger charge is -2.30. The van der Waals surface area contributed by atoms with Crippen LogP contribution in [0.15, 0.2) is 55.6 Å². The average molecular weight is 269 g/mol. The average Bonchev–Trinajstić information content (AvgIpc) is 2.46. The number of nitrogens with one attached hydrogen (secondary N) is 1. The monoisotopic (exact) mass is 269 g/mol. The standard InChI is InChI=1S/C17H19NO2/c1-3-12-17(14-19,13-4-2)18-16(20)11-10-15-8-6-5-7-9-15/h3-9,19H,1-2,12-14H2,(H,18,20). The molecular formula is C17H19NO2. The van der Waals surface area contributed by atoms with E-state index >= 15 is 0 Å². The van der Waals surface area contributed by atoms with Gasteiger partial charge in [-0.25, -0.2) is 0 Å². The number of hydrogen-bond donors (Lipinski definition) is 2. The van der Waals surface area contributed by atoms with Crippen LogP contribution >= 0.6 is 0 Å². The van der Waals surface area contributed by atoms with Gasteiger partial charge in [0.05, 0.1) is 12.1 Å². The van der Waals surface area contributed by atoms with Crippen LogP contribution in [0.2, 0.25) is 0 Å². The Hall–Kier alpha value is -2.31. The lowest BCUT2D eigenvalue weighted by atomic mass is 9.92. The van der Waals surface area contributed by atoms with Gasteiger partial charge in [0.15, 0.2) is 0 Å². The minimum absolute atomic E-state index is 0.191. The number of aliphatic hydroxyl groups excluding tert-OH is 1. The SMILES string of the molecule is C=CCC(CO)(CC=C)NC(=O)C#Cc1ccccc1. The van der Waals surface area contributed by atoms with Crippen LogP contribution in [0.25, 0.3) is 0 Å². The number of hydrogen-bond acceptors (Lipinski definition) is 2. The summed E-state index contributed by atoms with van der Waals surface area (Å²) in [5.74, 6) is 4.88. The second-order valence-corrected chi connectivity index (χ2v) is 4.49. The predicted molar refractivity (Wildman–Crippen MR) is 80.9 cm³/mol. The van der Waals surface area contributed by atoms with E-state index in [1.165, 1.54) is 0 Å². The van der Waals surface area contributed by atoms with Crippen LogP contribution in [0.1, 0.15) is 18.4 Å². The molecule has 0 aromatic heterocycles. The summed E-state index contributed by atoms with van der Waals surface area (Å²) in [5, 5.41) is 12.3. The van der Waals surface area contributed by atoms with Crippen LogP contribution in [0, 0.1) is 11.8 Å². The molecular weight excluding hydrogens is 250 g/mol. The van der Waals surface area contributed by atoms with Crippen LogP contribution in [0.5, 0.6) is 0 Å². The summed E-state index contributed by atoms with van der Waals surface area (Å²) < 4.78 is 0. The van der Waals surface area contributed by atoms with Crippen molar-refractivity contribution < 1.29 is 9.90 Å². The maximum Gasteiger partial charge on any atom is 0.296 e. The highest BCUT2D eigenvalue weighted by molar-refractivity contribution is 5.94. The molecule has 0 aliphatic heterocycles. The first-order chi connectivity index (χ1) is 9.65. The number of carbonyl (C=O) groups excluding carboxylic acids is 1. The molecule has 3 heteroatoms. The van der Waals surface area contributed by atoms with E-state index in [2.05, 4.69) is 30.3 Å². The van der Waals surface area contributed by atoms with E-state index in [0.29, 0.717) is 12.8 Å². The Bertz CT molecular complexity index is 513. The van der Waals surface area contributed by atoms with Gasteiger partial charge in [0.2, 0.25) is 0 Å². The van der Waals surface area contributed by atoms with Gasteiger partial charge in [-0.05, 0) is 25.0 Å². The fourth-order valence-electron chi connectivity index (χ4n) is 1.83. The summed E-state index contributed by atoms with van der Waals surface area (Å²) in [4.78, 5) is 11.9. The highest BCUT2D eigenvalue weighted by Gasteiger charge is 2.27. The summed E-state index contributed by atoms with van der Waals surface area (Å²) in [5.41, 5.74) is -0.00364. The van der Waals surface area contributed by atoms with E-state index in [-0.39, 0.29) is 6.61 Å². The van der Waals surface area contributed by atoms with E-state index in [4.69, 9.17) is 0 Å². The third-order valence-corrected chi connectivity index (χ3v) is 2.85. The highest BCUT2D eigenvalue weighted by atomic mass is 16.3. The van der Waals surface area contributed by atoms with Crippen molar-refractivity contribution in [1.29, 1.82) is 0 Å². The van der Waals surface area contributed by atoms with E-state index in [1.54, 1.807) is 12.2 Å². The van der Waals surface area contributed by atoms with E-state index in [1.807, 2.05) is 30.3 Å². The molecule has 0 unspecified atom stereocenters. The van der Waals surface area contributed by atoms with Crippen molar-refractivity contribution in [2.24, 2.45) is 0 Å². The summed E-state index contributed by atoms with van der Waals surface area (Å²) in [6, 6.07) is 9.25. The van der Waals surface area contributed by atoms with Crippen LogP contribution in [0.4, 0.5) is 0 Å². The molecule has 0 heterocycles. The summed E-state index contributed by atoms with van der Waals surface area (Å²) >= 11 is 0. The van der Waals surface area contributed by atoms with Crippen LogP contribution in [-0.4, -0.2) is 23.2 Å². The zero-order valence-corrected chi connectivity index (χ0v) is 11.4. The normalized spacial score (nSPS) is 10.1. The first-order valence-corrected chi connectivity index (χ1v) is 6.37. The van der Waals surface area contributed by atoms with Crippen molar-refractivity contribution >= 4 is 5.91 Å². The van der Waals surface area contributed by atoms with Gasteiger partial charge in [-0.15, -0.1) is 13.2 Å². The first-order valence-electron chi connectivity index (χ1n) is 6.37. The molecule has 1 rings (SSSR count). The van der Waals surface area contributed by atoms with Crippen molar-refractivity contribution in [3.8, 4) is 11.8 Å². The molecule has 3 nitrogen and oxygen atoms in total. The van der Waals surface area contributed by atoms with Crippen molar-refractivity contribution in [2.75, 3.05) is 6.61 Å². The Morgan fingerprint density at radius 3 is 2.35 bits per heavy atom. The number of amides is 1. The van der Waals surface area contributed by atoms with Gasteiger partial charge >= 0.3 is 0 Å². The fourth-order valence-corrected chi connectivity index (χ4v) is 1.83. The van der Waals surface area contributed by atoms with Crippen LogP contribution < -0.4 is 5.32 Å². The Labute approximate surface area is 120 Å². The molecule has 0 spiro atoms. The quantitative estimate of drug-likeness (QED) is 0.613. The molecule has 0 saturated carbocycles. The summed E-state index contributed by atoms with van der Waals surface area (Å²) in [6.45, 7) is 7.10. The molecule has 2 N–H and O–H groups in total. The maximum atomic E-state index is 11.9. The van der Waals surface area contributed by atoms with Gasteiger partial charge in [-0.1, -0.05) is 36.3 Å². The molecule has 0 atom stereocenters. The van der Waals surface area contributed by atoms with E-state index in [9.17, 15) is 9.90 Å². The molecule has 0 radical (unpaired) electrons. The van der Waals surface area contributed by atoms with Gasteiger partial charge in [0, 0.05) is 11.5 Å². The largest absolute Gasteiger partial charge is 0.394 e. The van der Waals surface area contributed by atoms with E-state index < -0.39 is 11.4 Å². The number of aliphatic hydroxyl groups is 1. The van der Waals surface area contributed by atoms with E-state index in [0.717, 1.165) is 5.56 Å². The third kappa shape index (κ3) is 4.75. The topological polar surface area (TPSA) is 49.3 Å². The van der Waals surface area contributed by atoms with Crippen molar-refractivity contribution in [2.45, 2.75) is 18.4 Å². The molecule has 0 fully saturated rings. The number of benzene rings is 1. The lowest BCUT2D eigenvalue weighted by Crippen LogP contribution is -2.50. The third-order valence-electron chi connectivity index (χ3n) is 2.85. The van der Waals surface area contributed by atoms with Crippen LogP contribution in [0.3, 0.4) is 0 Å². The zero-order valence-electron chi connectivity index (χ0n) is 11.4.